The molecule has 10 heteroatoms. The van der Waals surface area contributed by atoms with E-state index in [-0.39, 0.29) is 17.5 Å². The van der Waals surface area contributed by atoms with Gasteiger partial charge in [-0.15, -0.1) is 0 Å². The molecule has 0 aliphatic carbocycles. The van der Waals surface area contributed by atoms with Crippen LogP contribution in [0.1, 0.15) is 16.1 Å². The monoisotopic (exact) mass is 408 g/mol. The van der Waals surface area contributed by atoms with Crippen LogP contribution in [0.4, 0.5) is 5.69 Å². The van der Waals surface area contributed by atoms with Crippen molar-refractivity contribution in [3.8, 4) is 0 Å². The number of benzene rings is 1. The number of methoxy groups -OCH3 is 1. The molecule has 0 aliphatic heterocycles. The number of carbonyl (C=O) groups is 1. The minimum atomic E-state index is -3.45. The number of carbonyl (C=O) groups excluding carboxylic acids is 1. The summed E-state index contributed by atoms with van der Waals surface area (Å²) in [7, 11) is -0.691. The van der Waals surface area contributed by atoms with E-state index >= 15 is 0 Å². The predicted octanol–water partition coefficient (Wildman–Crippen LogP) is 2.32. The summed E-state index contributed by atoms with van der Waals surface area (Å²) in [5, 5.41) is 0.661. The third-order valence-corrected chi connectivity index (χ3v) is 5.53. The lowest BCUT2D eigenvalue weighted by Gasteiger charge is -2.21. The number of esters is 1. The molecule has 1 aromatic carbocycles. The summed E-state index contributed by atoms with van der Waals surface area (Å²) in [6, 6.07) is 8.63. The molecule has 0 saturated carbocycles. The minimum Gasteiger partial charge on any atom is -0.464 e. The predicted molar refractivity (Wildman–Crippen MR) is 103 cm³/mol. The van der Waals surface area contributed by atoms with Crippen molar-refractivity contribution in [2.75, 3.05) is 24.7 Å². The van der Waals surface area contributed by atoms with E-state index in [9.17, 15) is 13.2 Å². The number of sulfonamides is 1. The van der Waals surface area contributed by atoms with Gasteiger partial charge in [-0.1, -0.05) is 18.2 Å². The fourth-order valence-corrected chi connectivity index (χ4v) is 3.42. The fraction of sp³-hybridized carbons (Fsp3) is 0.235. The summed E-state index contributed by atoms with van der Waals surface area (Å²) in [5.74, 6) is -0.543. The second-order valence-electron chi connectivity index (χ2n) is 5.88. The van der Waals surface area contributed by atoms with E-state index in [1.54, 1.807) is 34.9 Å². The number of hydrogen-bond acceptors (Lipinski definition) is 6. The molecule has 0 saturated heterocycles. The van der Waals surface area contributed by atoms with Gasteiger partial charge in [0.25, 0.3) is 0 Å². The Balaban J connectivity index is 2.18. The molecule has 0 aliphatic rings. The molecule has 0 bridgehead atoms. The Morgan fingerprint density at radius 1 is 1.33 bits per heavy atom. The molecule has 3 aromatic rings. The van der Waals surface area contributed by atoms with Crippen LogP contribution in [-0.4, -0.2) is 49.3 Å². The highest BCUT2D eigenvalue weighted by Gasteiger charge is 2.21. The zero-order valence-corrected chi connectivity index (χ0v) is 16.5. The molecule has 142 valence electrons. The Hall–Kier alpha value is -2.65. The third-order valence-electron chi connectivity index (χ3n) is 4.16. The van der Waals surface area contributed by atoms with E-state index in [2.05, 4.69) is 9.97 Å². The summed E-state index contributed by atoms with van der Waals surface area (Å²) in [5.41, 5.74) is 1.90. The van der Waals surface area contributed by atoms with Crippen molar-refractivity contribution in [1.82, 2.24) is 14.5 Å². The van der Waals surface area contributed by atoms with E-state index in [4.69, 9.17) is 16.3 Å². The van der Waals surface area contributed by atoms with Crippen LogP contribution in [-0.2, 0) is 21.3 Å². The van der Waals surface area contributed by atoms with Gasteiger partial charge in [-0.3, -0.25) is 4.31 Å². The number of aromatic nitrogens is 3. The van der Waals surface area contributed by atoms with Crippen molar-refractivity contribution < 1.29 is 17.9 Å². The van der Waals surface area contributed by atoms with E-state index in [0.29, 0.717) is 22.3 Å². The Morgan fingerprint density at radius 3 is 2.70 bits per heavy atom. The molecule has 2 aromatic heterocycles. The number of anilines is 1. The molecule has 0 atom stereocenters. The molecule has 8 nitrogen and oxygen atoms in total. The number of nitrogens with zero attached hydrogens (tertiary/aromatic N) is 4. The normalized spacial score (nSPS) is 11.6. The SMILES string of the molecule is COC(=O)c1cc2cnc(Cl)nc2n1Cc1ccccc1N(C)S(C)(=O)=O. The topological polar surface area (TPSA) is 94.4 Å². The van der Waals surface area contributed by atoms with E-state index in [1.807, 2.05) is 0 Å². The average molecular weight is 409 g/mol. The van der Waals surface area contributed by atoms with Gasteiger partial charge in [-0.05, 0) is 29.3 Å². The lowest BCUT2D eigenvalue weighted by atomic mass is 10.1. The van der Waals surface area contributed by atoms with Gasteiger partial charge in [0.2, 0.25) is 15.3 Å². The number of ether oxygens (including phenoxy) is 1. The highest BCUT2D eigenvalue weighted by molar-refractivity contribution is 7.92. The van der Waals surface area contributed by atoms with Crippen LogP contribution in [0.25, 0.3) is 11.0 Å². The number of fused-ring (bicyclic) bond motifs is 1. The first-order valence-corrected chi connectivity index (χ1v) is 10.1. The molecular formula is C17H17ClN4O4S. The summed E-state index contributed by atoms with van der Waals surface area (Å²) < 4.78 is 31.6. The van der Waals surface area contributed by atoms with Crippen LogP contribution in [0.5, 0.6) is 0 Å². The van der Waals surface area contributed by atoms with Crippen molar-refractivity contribution in [1.29, 1.82) is 0 Å². The van der Waals surface area contributed by atoms with E-state index < -0.39 is 16.0 Å². The van der Waals surface area contributed by atoms with Gasteiger partial charge in [0.15, 0.2) is 0 Å². The molecular weight excluding hydrogens is 392 g/mol. The second-order valence-corrected chi connectivity index (χ2v) is 8.24. The summed E-state index contributed by atoms with van der Waals surface area (Å²) >= 11 is 5.92. The lowest BCUT2D eigenvalue weighted by molar-refractivity contribution is 0.0589. The summed E-state index contributed by atoms with van der Waals surface area (Å²) in [4.78, 5) is 20.4. The lowest BCUT2D eigenvalue weighted by Crippen LogP contribution is -2.26. The van der Waals surface area contributed by atoms with Crippen molar-refractivity contribution >= 4 is 44.3 Å². The van der Waals surface area contributed by atoms with Crippen LogP contribution in [0.3, 0.4) is 0 Å². The van der Waals surface area contributed by atoms with Crippen LogP contribution < -0.4 is 4.31 Å². The highest BCUT2D eigenvalue weighted by Crippen LogP contribution is 2.26. The third kappa shape index (κ3) is 3.74. The Bertz CT molecular complexity index is 1130. The van der Waals surface area contributed by atoms with Gasteiger partial charge in [0, 0.05) is 18.6 Å². The van der Waals surface area contributed by atoms with Gasteiger partial charge in [-0.2, -0.15) is 4.98 Å². The first-order valence-electron chi connectivity index (χ1n) is 7.84. The second kappa shape index (κ2) is 7.16. The molecule has 0 fully saturated rings. The van der Waals surface area contributed by atoms with Gasteiger partial charge in [-0.25, -0.2) is 18.2 Å². The van der Waals surface area contributed by atoms with Gasteiger partial charge in [0.05, 0.1) is 25.6 Å². The number of halogens is 1. The fourth-order valence-electron chi connectivity index (χ4n) is 2.75. The maximum atomic E-state index is 12.2. The van der Waals surface area contributed by atoms with E-state index in [0.717, 1.165) is 6.26 Å². The zero-order valence-electron chi connectivity index (χ0n) is 14.9. The molecule has 0 N–H and O–H groups in total. The smallest absolute Gasteiger partial charge is 0.354 e. The molecule has 27 heavy (non-hydrogen) atoms. The van der Waals surface area contributed by atoms with E-state index in [1.165, 1.54) is 24.7 Å². The van der Waals surface area contributed by atoms with Gasteiger partial charge >= 0.3 is 5.97 Å². The standard InChI is InChI=1S/C17H17ClN4O4S/c1-21(27(3,24)25)13-7-5-4-6-11(13)10-22-14(16(23)26-2)8-12-9-19-17(18)20-15(12)22/h4-9H,10H2,1-3H3. The number of para-hydroxylation sites is 1. The largest absolute Gasteiger partial charge is 0.464 e. The van der Waals surface area contributed by atoms with Crippen LogP contribution >= 0.6 is 11.6 Å². The van der Waals surface area contributed by atoms with Gasteiger partial charge in [0.1, 0.15) is 11.3 Å². The molecule has 2 heterocycles. The summed E-state index contributed by atoms with van der Waals surface area (Å²) in [6.45, 7) is 0.192. The maximum absolute atomic E-state index is 12.2. The average Bonchev–Trinajstić information content (AvgIpc) is 2.98. The highest BCUT2D eigenvalue weighted by atomic mass is 35.5. The molecule has 0 amide bonds. The van der Waals surface area contributed by atoms with Crippen molar-refractivity contribution in [3.05, 3.63) is 53.1 Å². The Kier molecular flexibility index (Phi) is 5.07. The summed E-state index contributed by atoms with van der Waals surface area (Å²) in [6.07, 6.45) is 2.64. The Labute approximate surface area is 161 Å². The van der Waals surface area contributed by atoms with Gasteiger partial charge < -0.3 is 9.30 Å². The first kappa shape index (κ1) is 19.1. The van der Waals surface area contributed by atoms with Crippen molar-refractivity contribution in [2.24, 2.45) is 0 Å². The molecule has 0 radical (unpaired) electrons. The van der Waals surface area contributed by atoms with Crippen LogP contribution in [0, 0.1) is 0 Å². The van der Waals surface area contributed by atoms with Crippen LogP contribution in [0.15, 0.2) is 36.5 Å². The first-order chi connectivity index (χ1) is 12.7. The number of rotatable bonds is 5. The minimum absolute atomic E-state index is 0.0415. The quantitative estimate of drug-likeness (QED) is 0.475. The molecule has 0 spiro atoms. The molecule has 0 unspecified atom stereocenters. The van der Waals surface area contributed by atoms with Crippen LogP contribution in [0.2, 0.25) is 5.28 Å². The number of hydrogen-bond donors (Lipinski definition) is 0. The zero-order chi connectivity index (χ0) is 19.8. The van der Waals surface area contributed by atoms with Crippen molar-refractivity contribution in [2.45, 2.75) is 6.54 Å². The maximum Gasteiger partial charge on any atom is 0.354 e. The van der Waals surface area contributed by atoms with Crippen molar-refractivity contribution in [3.63, 3.8) is 0 Å². The Morgan fingerprint density at radius 2 is 2.04 bits per heavy atom. The molecule has 3 rings (SSSR count).